The molecular weight excluding hydrogens is 667 g/mol. The first-order valence-corrected chi connectivity index (χ1v) is 19.3. The molecule has 1 atom stereocenters. The summed E-state index contributed by atoms with van der Waals surface area (Å²) in [4.78, 5) is 14.8. The number of fused-ring (bicyclic) bond motifs is 1. The van der Waals surface area contributed by atoms with Crippen LogP contribution >= 0.6 is 0 Å². The number of hydrogen-bond donors (Lipinski definition) is 3. The molecule has 1 unspecified atom stereocenters. The Morgan fingerprint density at radius 1 is 0.882 bits per heavy atom. The summed E-state index contributed by atoms with van der Waals surface area (Å²) in [7, 11) is -0.487. The molecule has 1 aliphatic carbocycles. The zero-order valence-corrected chi connectivity index (χ0v) is 30.3. The molecule has 2 fully saturated rings. The summed E-state index contributed by atoms with van der Waals surface area (Å²) in [6.45, 7) is 6.50. The van der Waals surface area contributed by atoms with Crippen LogP contribution in [0.25, 0.3) is 0 Å². The summed E-state index contributed by atoms with van der Waals surface area (Å²) in [6, 6.07) is 21.0. The van der Waals surface area contributed by atoms with E-state index in [2.05, 4.69) is 50.3 Å². The zero-order chi connectivity index (χ0) is 35.4. The minimum Gasteiger partial charge on any atom is -0.497 e. The molecule has 1 saturated heterocycles. The normalized spacial score (nSPS) is 18.0. The maximum atomic E-state index is 13.8. The number of rotatable bonds is 12. The maximum absolute atomic E-state index is 13.8. The first-order chi connectivity index (χ1) is 24.8. The number of anilines is 6. The number of methoxy groups -OCH3 is 2. The van der Waals surface area contributed by atoms with Gasteiger partial charge in [-0.2, -0.15) is 9.97 Å². The van der Waals surface area contributed by atoms with Crippen molar-refractivity contribution in [3.63, 3.8) is 0 Å². The lowest BCUT2D eigenvalue weighted by atomic mass is 9.96. The second kappa shape index (κ2) is 15.3. The molecule has 0 radical (unpaired) electrons. The van der Waals surface area contributed by atoms with Gasteiger partial charge in [0, 0.05) is 55.5 Å². The van der Waals surface area contributed by atoms with E-state index in [9.17, 15) is 8.42 Å². The fourth-order valence-corrected chi connectivity index (χ4v) is 8.73. The fraction of sp³-hybridized carbons (Fsp3) is 0.421. The molecule has 51 heavy (non-hydrogen) atoms. The van der Waals surface area contributed by atoms with Crippen LogP contribution in [0.5, 0.6) is 11.5 Å². The monoisotopic (exact) mass is 713 g/mol. The van der Waals surface area contributed by atoms with Crippen LogP contribution in [0, 0.1) is 0 Å². The summed E-state index contributed by atoms with van der Waals surface area (Å²) >= 11 is 0. The number of nitrogens with one attached hydrogen (secondary N) is 3. The van der Waals surface area contributed by atoms with E-state index >= 15 is 0 Å². The van der Waals surface area contributed by atoms with E-state index < -0.39 is 10.0 Å². The molecular formula is C38H47N7O5S. The Bertz CT molecular complexity index is 1930. The van der Waals surface area contributed by atoms with Crippen LogP contribution in [-0.2, 0) is 21.3 Å². The number of aromatic nitrogens is 2. The van der Waals surface area contributed by atoms with Crippen molar-refractivity contribution in [3.05, 3.63) is 77.9 Å². The van der Waals surface area contributed by atoms with Gasteiger partial charge in [-0.15, -0.1) is 0 Å². The average Bonchev–Trinajstić information content (AvgIpc) is 3.47. The van der Waals surface area contributed by atoms with Crippen LogP contribution < -0.4 is 34.6 Å². The van der Waals surface area contributed by atoms with Gasteiger partial charge in [0.2, 0.25) is 16.0 Å². The molecule has 3 aromatic carbocycles. The SMILES string of the molecule is COc1ccc(CN2CC(C)c3c(Nc4ccccc4S(=O)(=O)NC4CCCCC4)nc(Nc4ccc(N5CCOCC5)cc4OC)nc32)cc1. The first kappa shape index (κ1) is 34.8. The Morgan fingerprint density at radius 3 is 2.39 bits per heavy atom. The molecule has 3 N–H and O–H groups in total. The van der Waals surface area contributed by atoms with Crippen LogP contribution in [0.1, 0.15) is 56.1 Å². The van der Waals surface area contributed by atoms with Crippen molar-refractivity contribution in [3.8, 4) is 11.5 Å². The fourth-order valence-electron chi connectivity index (χ4n) is 7.26. The molecule has 2 aliphatic heterocycles. The smallest absolute Gasteiger partial charge is 0.242 e. The van der Waals surface area contributed by atoms with Crippen molar-refractivity contribution in [2.24, 2.45) is 0 Å². The van der Waals surface area contributed by atoms with Crippen molar-refractivity contribution < 1.29 is 22.6 Å². The molecule has 1 saturated carbocycles. The van der Waals surface area contributed by atoms with Crippen LogP contribution in [0.15, 0.2) is 71.6 Å². The lowest BCUT2D eigenvalue weighted by molar-refractivity contribution is 0.122. The van der Waals surface area contributed by atoms with Crippen molar-refractivity contribution in [1.82, 2.24) is 14.7 Å². The molecule has 3 aliphatic rings. The number of nitrogens with zero attached hydrogens (tertiary/aromatic N) is 4. The summed E-state index contributed by atoms with van der Waals surface area (Å²) in [6.07, 6.45) is 4.90. The Balaban J connectivity index is 1.25. The topological polar surface area (TPSA) is 130 Å². The quantitative estimate of drug-likeness (QED) is 0.148. The summed E-state index contributed by atoms with van der Waals surface area (Å²) in [5.41, 5.74) is 4.27. The number of para-hydroxylation sites is 1. The van der Waals surface area contributed by atoms with Crippen LogP contribution in [0.3, 0.4) is 0 Å². The minimum atomic E-state index is -3.80. The summed E-state index contributed by atoms with van der Waals surface area (Å²) < 4.78 is 47.3. The van der Waals surface area contributed by atoms with Gasteiger partial charge in [-0.3, -0.25) is 0 Å². The zero-order valence-electron chi connectivity index (χ0n) is 29.5. The van der Waals surface area contributed by atoms with Gasteiger partial charge in [0.1, 0.15) is 28.0 Å². The highest BCUT2D eigenvalue weighted by atomic mass is 32.2. The van der Waals surface area contributed by atoms with E-state index in [1.807, 2.05) is 30.3 Å². The van der Waals surface area contributed by atoms with Crippen LogP contribution in [0.4, 0.5) is 34.6 Å². The molecule has 0 bridgehead atoms. The largest absolute Gasteiger partial charge is 0.497 e. The third kappa shape index (κ3) is 7.85. The first-order valence-electron chi connectivity index (χ1n) is 17.8. The summed E-state index contributed by atoms with van der Waals surface area (Å²) in [5.74, 6) is 3.23. The van der Waals surface area contributed by atoms with Gasteiger partial charge in [0.15, 0.2) is 0 Å². The molecule has 0 spiro atoms. The van der Waals surface area contributed by atoms with Gasteiger partial charge in [-0.25, -0.2) is 13.1 Å². The van der Waals surface area contributed by atoms with Gasteiger partial charge in [0.25, 0.3) is 0 Å². The molecule has 3 heterocycles. The average molecular weight is 714 g/mol. The van der Waals surface area contributed by atoms with E-state index in [0.29, 0.717) is 48.6 Å². The predicted molar refractivity (Wildman–Crippen MR) is 201 cm³/mol. The molecule has 1 aromatic heterocycles. The van der Waals surface area contributed by atoms with E-state index in [4.69, 9.17) is 24.2 Å². The molecule has 12 nitrogen and oxygen atoms in total. The van der Waals surface area contributed by atoms with Crippen molar-refractivity contribution in [1.29, 1.82) is 0 Å². The van der Waals surface area contributed by atoms with Crippen molar-refractivity contribution >= 4 is 44.7 Å². The van der Waals surface area contributed by atoms with Gasteiger partial charge >= 0.3 is 0 Å². The lowest BCUT2D eigenvalue weighted by Gasteiger charge is -2.29. The highest BCUT2D eigenvalue weighted by molar-refractivity contribution is 7.89. The highest BCUT2D eigenvalue weighted by Gasteiger charge is 2.33. The number of hydrogen-bond acceptors (Lipinski definition) is 11. The molecule has 7 rings (SSSR count). The van der Waals surface area contributed by atoms with Crippen LogP contribution in [0.2, 0.25) is 0 Å². The molecule has 270 valence electrons. The number of morpholine rings is 1. The number of benzene rings is 3. The van der Waals surface area contributed by atoms with Gasteiger partial charge < -0.3 is 34.6 Å². The van der Waals surface area contributed by atoms with E-state index in [0.717, 1.165) is 80.1 Å². The minimum absolute atomic E-state index is 0.0629. The second-order valence-electron chi connectivity index (χ2n) is 13.4. The third-order valence-electron chi connectivity index (χ3n) is 9.91. The second-order valence-corrected chi connectivity index (χ2v) is 15.1. The molecule has 0 amide bonds. The number of sulfonamides is 1. The Morgan fingerprint density at radius 2 is 1.65 bits per heavy atom. The van der Waals surface area contributed by atoms with E-state index in [1.54, 1.807) is 32.4 Å². The highest BCUT2D eigenvalue weighted by Crippen LogP contribution is 2.43. The summed E-state index contributed by atoms with van der Waals surface area (Å²) in [5, 5.41) is 6.87. The van der Waals surface area contributed by atoms with Gasteiger partial charge in [-0.1, -0.05) is 50.5 Å². The van der Waals surface area contributed by atoms with E-state index in [-0.39, 0.29) is 16.9 Å². The van der Waals surface area contributed by atoms with Crippen LogP contribution in [-0.4, -0.2) is 71.5 Å². The standard InChI is InChI=1S/C38H47N7O5S/c1-26-24-45(25-27-13-16-30(48-2)17-14-27)37-35(26)36(39-32-11-7-8-12-34(32)51(46,47)43-28-9-5-4-6-10-28)41-38(42-37)40-31-18-15-29(23-33(31)49-3)44-19-21-50-22-20-44/h7-8,11-18,23,26,28,43H,4-6,9-10,19-22,24-25H2,1-3H3,(H2,39,40,41,42). The lowest BCUT2D eigenvalue weighted by Crippen LogP contribution is -2.36. The molecule has 4 aromatic rings. The van der Waals surface area contributed by atoms with Gasteiger partial charge in [-0.05, 0) is 54.8 Å². The molecule has 13 heteroatoms. The Hall–Kier alpha value is -4.59. The predicted octanol–water partition coefficient (Wildman–Crippen LogP) is 6.55. The maximum Gasteiger partial charge on any atom is 0.242 e. The van der Waals surface area contributed by atoms with Gasteiger partial charge in [0.05, 0.1) is 38.8 Å². The van der Waals surface area contributed by atoms with Crippen molar-refractivity contribution in [2.45, 2.75) is 62.4 Å². The number of ether oxygens (including phenoxy) is 3. The third-order valence-corrected chi connectivity index (χ3v) is 11.5. The Labute approximate surface area is 300 Å². The van der Waals surface area contributed by atoms with E-state index in [1.165, 1.54) is 0 Å². The Kier molecular flexibility index (Phi) is 10.5. The van der Waals surface area contributed by atoms with Crippen molar-refractivity contribution in [2.75, 3.05) is 67.5 Å².